The Balaban J connectivity index is 6.03. The van der Waals surface area contributed by atoms with Gasteiger partial charge in [0.25, 0.3) is 0 Å². The first-order valence-corrected chi connectivity index (χ1v) is 17.9. The van der Waals surface area contributed by atoms with E-state index in [4.69, 9.17) is 8.85 Å². The third-order valence-corrected chi connectivity index (χ3v) is 14.3. The summed E-state index contributed by atoms with van der Waals surface area (Å²) in [4.78, 5) is 0. The lowest BCUT2D eigenvalue weighted by atomic mass is 9.80. The Morgan fingerprint density at radius 2 is 0.818 bits per heavy atom. The molecule has 0 spiro atoms. The van der Waals surface area contributed by atoms with Crippen LogP contribution in [0.25, 0.3) is 0 Å². The van der Waals surface area contributed by atoms with E-state index >= 15 is 0 Å². The lowest BCUT2D eigenvalue weighted by Gasteiger charge is -2.41. The van der Waals surface area contributed by atoms with Gasteiger partial charge in [-0.3, -0.25) is 0 Å². The summed E-state index contributed by atoms with van der Waals surface area (Å²) in [5, 5.41) is 0. The average molecular weight is 489 g/mol. The third-order valence-electron chi connectivity index (χ3n) is 6.59. The van der Waals surface area contributed by atoms with Crippen LogP contribution in [0.1, 0.15) is 52.4 Å². The van der Waals surface area contributed by atoms with Crippen LogP contribution in [0, 0.1) is 5.41 Å². The Morgan fingerprint density at radius 3 is 1.03 bits per heavy atom. The van der Waals surface area contributed by atoms with Crippen molar-refractivity contribution in [2.24, 2.45) is 5.41 Å². The maximum absolute atomic E-state index is 6.96. The van der Waals surface area contributed by atoms with E-state index in [2.05, 4.69) is 53.3 Å². The van der Waals surface area contributed by atoms with Crippen LogP contribution in [0.15, 0.2) is 75.9 Å². The number of unbranched alkanes of at least 4 members (excludes halogenated alkanes) is 2. The van der Waals surface area contributed by atoms with Crippen molar-refractivity contribution in [2.45, 2.75) is 88.6 Å². The fourth-order valence-corrected chi connectivity index (χ4v) is 10.7. The molecule has 33 heavy (non-hydrogen) atoms. The smallest absolute Gasteiger partial charge is 0.203 e. The molecule has 0 radical (unpaired) electrons. The topological polar surface area (TPSA) is 18.5 Å². The minimum atomic E-state index is -2.05. The number of allylic oxidation sites excluding steroid dienone is 6. The molecule has 0 aromatic carbocycles. The molecule has 0 fully saturated rings. The van der Waals surface area contributed by atoms with Gasteiger partial charge in [-0.2, -0.15) is 0 Å². The molecule has 0 saturated carbocycles. The van der Waals surface area contributed by atoms with Gasteiger partial charge in [0.2, 0.25) is 16.6 Å². The molecule has 0 bridgehead atoms. The second kappa shape index (κ2) is 18.2. The van der Waals surface area contributed by atoms with Crippen LogP contribution in [0.2, 0.25) is 36.3 Å². The predicted octanol–water partition coefficient (Wildman–Crippen LogP) is 9.39. The van der Waals surface area contributed by atoms with E-state index in [1.165, 1.54) is 25.7 Å². The minimum Gasteiger partial charge on any atom is -0.415 e. The van der Waals surface area contributed by atoms with Gasteiger partial charge in [0, 0.05) is 18.6 Å². The van der Waals surface area contributed by atoms with Crippen LogP contribution in [-0.2, 0) is 8.85 Å². The number of rotatable bonds is 24. The van der Waals surface area contributed by atoms with E-state index in [9.17, 15) is 0 Å². The van der Waals surface area contributed by atoms with Gasteiger partial charge in [-0.15, -0.1) is 39.5 Å². The first kappa shape index (κ1) is 31.8. The van der Waals surface area contributed by atoms with E-state index in [1.807, 2.05) is 36.5 Å². The molecule has 0 rings (SSSR count). The predicted molar refractivity (Wildman–Crippen MR) is 155 cm³/mol. The molecular weight excluding hydrogens is 436 g/mol. The van der Waals surface area contributed by atoms with E-state index in [-0.39, 0.29) is 5.41 Å². The van der Waals surface area contributed by atoms with Gasteiger partial charge in [0.05, 0.1) is 0 Å². The zero-order valence-corrected chi connectivity index (χ0v) is 23.9. The van der Waals surface area contributed by atoms with E-state index in [0.717, 1.165) is 62.3 Å². The molecule has 0 aliphatic heterocycles. The van der Waals surface area contributed by atoms with Crippen LogP contribution >= 0.6 is 0 Å². The van der Waals surface area contributed by atoms with Gasteiger partial charge < -0.3 is 8.85 Å². The van der Waals surface area contributed by atoms with Gasteiger partial charge in [0.1, 0.15) is 0 Å². The first-order valence-electron chi connectivity index (χ1n) is 12.8. The van der Waals surface area contributed by atoms with Crippen molar-refractivity contribution in [1.82, 2.24) is 0 Å². The fourth-order valence-electron chi connectivity index (χ4n) is 4.60. The molecule has 0 atom stereocenters. The van der Waals surface area contributed by atoms with Crippen molar-refractivity contribution in [2.75, 3.05) is 13.2 Å². The lowest BCUT2D eigenvalue weighted by molar-refractivity contribution is 0.0489. The molecule has 0 aliphatic carbocycles. The molecule has 0 N–H and O–H groups in total. The summed E-state index contributed by atoms with van der Waals surface area (Å²) in [6.45, 7) is 30.2. The average Bonchev–Trinajstić information content (AvgIpc) is 2.79. The molecule has 0 aliphatic rings. The SMILES string of the molecule is C=CC[Si](CC=C)(CC=C)OCC(CCCC)(CCCC)CO[Si](CC=C)(CC=C)CC=C. The zero-order chi connectivity index (χ0) is 25.1. The minimum absolute atomic E-state index is 0.0234. The summed E-state index contributed by atoms with van der Waals surface area (Å²) >= 11 is 0. The molecule has 0 amide bonds. The lowest BCUT2D eigenvalue weighted by Crippen LogP contribution is -2.46. The standard InChI is InChI=1S/C29H52O2Si2/c1-9-17-19-29(20-18-10-2,27-30-32(21-11-3,22-12-4)23-13-5)28-31-33(24-14-6,25-15-7)26-16-8/h11-16H,3-10,17-28H2,1-2H3. The normalized spacial score (nSPS) is 12.2. The van der Waals surface area contributed by atoms with Crippen molar-refractivity contribution < 1.29 is 8.85 Å². The van der Waals surface area contributed by atoms with Crippen LogP contribution in [0.5, 0.6) is 0 Å². The van der Waals surface area contributed by atoms with Gasteiger partial charge in [-0.1, -0.05) is 76.0 Å². The number of hydrogen-bond acceptors (Lipinski definition) is 2. The monoisotopic (exact) mass is 488 g/mol. The Bertz CT molecular complexity index is 491. The maximum atomic E-state index is 6.96. The highest BCUT2D eigenvalue weighted by Gasteiger charge is 2.40. The Kier molecular flexibility index (Phi) is 17.5. The molecule has 0 unspecified atom stereocenters. The zero-order valence-electron chi connectivity index (χ0n) is 21.9. The maximum Gasteiger partial charge on any atom is 0.203 e. The summed E-state index contributed by atoms with van der Waals surface area (Å²) in [7, 11) is -4.10. The summed E-state index contributed by atoms with van der Waals surface area (Å²) < 4.78 is 13.9. The van der Waals surface area contributed by atoms with Crippen molar-refractivity contribution in [3.63, 3.8) is 0 Å². The highest BCUT2D eigenvalue weighted by Crippen LogP contribution is 2.37. The molecule has 188 valence electrons. The van der Waals surface area contributed by atoms with Crippen molar-refractivity contribution in [3.05, 3.63) is 75.9 Å². The largest absolute Gasteiger partial charge is 0.415 e. The Labute approximate surface area is 208 Å². The summed E-state index contributed by atoms with van der Waals surface area (Å²) in [5.74, 6) is 0. The van der Waals surface area contributed by atoms with Crippen molar-refractivity contribution >= 4 is 16.6 Å². The van der Waals surface area contributed by atoms with Crippen molar-refractivity contribution in [1.29, 1.82) is 0 Å². The summed E-state index contributed by atoms with van der Waals surface area (Å²) in [6, 6.07) is 5.53. The fraction of sp³-hybridized carbons (Fsp3) is 0.586. The van der Waals surface area contributed by atoms with Crippen molar-refractivity contribution in [3.8, 4) is 0 Å². The second-order valence-corrected chi connectivity index (χ2v) is 17.4. The molecular formula is C29H52O2Si2. The van der Waals surface area contributed by atoms with Gasteiger partial charge in [-0.25, -0.2) is 0 Å². The Morgan fingerprint density at radius 1 is 0.545 bits per heavy atom. The van der Waals surface area contributed by atoms with E-state index in [0.29, 0.717) is 0 Å². The van der Waals surface area contributed by atoms with Crippen LogP contribution in [0.4, 0.5) is 0 Å². The molecule has 2 nitrogen and oxygen atoms in total. The molecule has 0 saturated heterocycles. The van der Waals surface area contributed by atoms with Gasteiger partial charge >= 0.3 is 0 Å². The van der Waals surface area contributed by atoms with E-state index < -0.39 is 16.6 Å². The first-order chi connectivity index (χ1) is 15.9. The van der Waals surface area contributed by atoms with Crippen LogP contribution < -0.4 is 0 Å². The van der Waals surface area contributed by atoms with Crippen LogP contribution in [-0.4, -0.2) is 29.8 Å². The highest BCUT2D eigenvalue weighted by molar-refractivity contribution is 6.75. The van der Waals surface area contributed by atoms with Gasteiger partial charge in [-0.05, 0) is 49.1 Å². The van der Waals surface area contributed by atoms with Gasteiger partial charge in [0.15, 0.2) is 0 Å². The molecule has 0 aromatic heterocycles. The second-order valence-electron chi connectivity index (χ2n) is 9.61. The quantitative estimate of drug-likeness (QED) is 0.0994. The third kappa shape index (κ3) is 11.7. The summed E-state index contributed by atoms with van der Waals surface area (Å²) in [5.41, 5.74) is 0.0234. The molecule has 0 aromatic rings. The van der Waals surface area contributed by atoms with Crippen LogP contribution in [0.3, 0.4) is 0 Å². The Hall–Kier alpha value is -1.21. The van der Waals surface area contributed by atoms with E-state index in [1.54, 1.807) is 0 Å². The molecule has 0 heterocycles. The summed E-state index contributed by atoms with van der Waals surface area (Å²) in [6.07, 6.45) is 19.1. The number of hydrogen-bond donors (Lipinski definition) is 0. The molecule has 4 heteroatoms. The highest BCUT2D eigenvalue weighted by atomic mass is 28.4.